The van der Waals surface area contributed by atoms with Gasteiger partial charge in [0.2, 0.25) is 0 Å². The van der Waals surface area contributed by atoms with Crippen LogP contribution in [-0.2, 0) is 13.1 Å². The Balaban J connectivity index is 1.99. The summed E-state index contributed by atoms with van der Waals surface area (Å²) in [6.45, 7) is 1.14. The van der Waals surface area contributed by atoms with Crippen LogP contribution in [0.15, 0.2) is 24.5 Å². The summed E-state index contributed by atoms with van der Waals surface area (Å²) in [6, 6.07) is 3.20. The van der Waals surface area contributed by atoms with E-state index in [1.807, 2.05) is 0 Å². The van der Waals surface area contributed by atoms with Crippen LogP contribution < -0.4 is 5.32 Å². The largest absolute Gasteiger partial charge is 0.506 e. The molecule has 0 saturated carbocycles. The van der Waals surface area contributed by atoms with Gasteiger partial charge in [-0.15, -0.1) is 0 Å². The zero-order chi connectivity index (χ0) is 12.3. The average Bonchev–Trinajstić information content (AvgIpc) is 2.78. The molecule has 0 spiro atoms. The molecule has 17 heavy (non-hydrogen) atoms. The number of hydrogen-bond donors (Lipinski definition) is 3. The summed E-state index contributed by atoms with van der Waals surface area (Å²) in [7, 11) is 0. The highest BCUT2D eigenvalue weighted by atomic mass is 35.5. The van der Waals surface area contributed by atoms with E-state index < -0.39 is 0 Å². The van der Waals surface area contributed by atoms with Gasteiger partial charge in [0.25, 0.3) is 0 Å². The van der Waals surface area contributed by atoms with Crippen molar-refractivity contribution in [2.45, 2.75) is 13.1 Å². The van der Waals surface area contributed by atoms with Gasteiger partial charge in [-0.2, -0.15) is 5.10 Å². The number of halogens is 2. The number of aromatic nitrogens is 2. The number of rotatable bonds is 4. The Labute approximate surface area is 109 Å². The molecule has 2 aromatic rings. The Bertz CT molecular complexity index is 500. The van der Waals surface area contributed by atoms with E-state index in [9.17, 15) is 5.11 Å². The van der Waals surface area contributed by atoms with Crippen molar-refractivity contribution in [3.63, 3.8) is 0 Å². The molecule has 6 heteroatoms. The minimum absolute atomic E-state index is 0.0655. The van der Waals surface area contributed by atoms with Crippen molar-refractivity contribution in [2.24, 2.45) is 0 Å². The zero-order valence-corrected chi connectivity index (χ0v) is 10.4. The molecular weight excluding hydrogens is 261 g/mol. The SMILES string of the molecule is Oc1c(Cl)cc(Cl)cc1CNCc1cn[nH]c1. The fourth-order valence-electron chi connectivity index (χ4n) is 1.47. The lowest BCUT2D eigenvalue weighted by atomic mass is 10.2. The predicted molar refractivity (Wildman–Crippen MR) is 67.3 cm³/mol. The zero-order valence-electron chi connectivity index (χ0n) is 8.87. The Morgan fingerprint density at radius 1 is 1.29 bits per heavy atom. The summed E-state index contributed by atoms with van der Waals surface area (Å²) < 4.78 is 0. The summed E-state index contributed by atoms with van der Waals surface area (Å²) in [5.41, 5.74) is 1.71. The van der Waals surface area contributed by atoms with Gasteiger partial charge in [-0.25, -0.2) is 0 Å². The second-order valence-corrected chi connectivity index (χ2v) is 4.45. The molecule has 90 valence electrons. The summed E-state index contributed by atoms with van der Waals surface area (Å²) in [5.74, 6) is 0.0655. The van der Waals surface area contributed by atoms with Gasteiger partial charge < -0.3 is 10.4 Å². The lowest BCUT2D eigenvalue weighted by Gasteiger charge is -2.08. The van der Waals surface area contributed by atoms with E-state index in [4.69, 9.17) is 23.2 Å². The first-order valence-corrected chi connectivity index (χ1v) is 5.77. The Kier molecular flexibility index (Phi) is 3.89. The van der Waals surface area contributed by atoms with Crippen LogP contribution in [0.2, 0.25) is 10.0 Å². The molecule has 0 bridgehead atoms. The molecule has 3 N–H and O–H groups in total. The number of phenolic OH excluding ortho intramolecular Hbond substituents is 1. The van der Waals surface area contributed by atoms with Gasteiger partial charge in [-0.3, -0.25) is 5.10 Å². The molecule has 0 radical (unpaired) electrons. The molecular formula is C11H11Cl2N3O. The fourth-order valence-corrected chi connectivity index (χ4v) is 2.01. The maximum Gasteiger partial charge on any atom is 0.138 e. The molecule has 1 aromatic carbocycles. The van der Waals surface area contributed by atoms with Crippen molar-refractivity contribution in [1.82, 2.24) is 15.5 Å². The van der Waals surface area contributed by atoms with Crippen LogP contribution >= 0.6 is 23.2 Å². The smallest absolute Gasteiger partial charge is 0.138 e. The molecule has 0 saturated heterocycles. The van der Waals surface area contributed by atoms with Crippen molar-refractivity contribution in [3.8, 4) is 5.75 Å². The third-order valence-electron chi connectivity index (χ3n) is 2.31. The lowest BCUT2D eigenvalue weighted by molar-refractivity contribution is 0.464. The summed E-state index contributed by atoms with van der Waals surface area (Å²) in [5, 5.41) is 20.2. The maximum absolute atomic E-state index is 9.73. The molecule has 0 aliphatic heterocycles. The first-order valence-electron chi connectivity index (χ1n) is 5.02. The Hall–Kier alpha value is -1.23. The molecule has 1 heterocycles. The van der Waals surface area contributed by atoms with Gasteiger partial charge in [0.05, 0.1) is 11.2 Å². The normalized spacial score (nSPS) is 10.7. The van der Waals surface area contributed by atoms with Gasteiger partial charge in [0.15, 0.2) is 0 Å². The number of benzene rings is 1. The van der Waals surface area contributed by atoms with Crippen molar-refractivity contribution in [3.05, 3.63) is 45.7 Å². The molecule has 2 rings (SSSR count). The van der Waals surface area contributed by atoms with Crippen LogP contribution in [-0.4, -0.2) is 15.3 Å². The van der Waals surface area contributed by atoms with E-state index >= 15 is 0 Å². The number of H-pyrrole nitrogens is 1. The molecule has 1 aromatic heterocycles. The first-order chi connectivity index (χ1) is 8.16. The summed E-state index contributed by atoms with van der Waals surface area (Å²) >= 11 is 11.7. The minimum atomic E-state index is 0.0655. The molecule has 0 atom stereocenters. The third kappa shape index (κ3) is 3.12. The summed E-state index contributed by atoms with van der Waals surface area (Å²) in [6.07, 6.45) is 3.54. The van der Waals surface area contributed by atoms with E-state index in [0.717, 1.165) is 5.56 Å². The first kappa shape index (κ1) is 12.2. The van der Waals surface area contributed by atoms with Crippen LogP contribution in [0.5, 0.6) is 5.75 Å². The Morgan fingerprint density at radius 3 is 2.82 bits per heavy atom. The number of phenols is 1. The van der Waals surface area contributed by atoms with Crippen molar-refractivity contribution < 1.29 is 5.11 Å². The maximum atomic E-state index is 9.73. The van der Waals surface area contributed by atoms with E-state index in [2.05, 4.69) is 15.5 Å². The molecule has 0 fully saturated rings. The lowest BCUT2D eigenvalue weighted by Crippen LogP contribution is -2.12. The van der Waals surface area contributed by atoms with Crippen LogP contribution in [0.3, 0.4) is 0 Å². The minimum Gasteiger partial charge on any atom is -0.506 e. The topological polar surface area (TPSA) is 60.9 Å². The Morgan fingerprint density at radius 2 is 2.12 bits per heavy atom. The highest BCUT2D eigenvalue weighted by Crippen LogP contribution is 2.30. The quantitative estimate of drug-likeness (QED) is 0.802. The average molecular weight is 272 g/mol. The van der Waals surface area contributed by atoms with Crippen LogP contribution in [0.4, 0.5) is 0 Å². The third-order valence-corrected chi connectivity index (χ3v) is 2.81. The molecule has 4 nitrogen and oxygen atoms in total. The van der Waals surface area contributed by atoms with Gasteiger partial charge in [-0.05, 0) is 12.1 Å². The highest BCUT2D eigenvalue weighted by Gasteiger charge is 2.07. The molecule has 0 amide bonds. The van der Waals surface area contributed by atoms with Crippen LogP contribution in [0.1, 0.15) is 11.1 Å². The number of aromatic hydroxyl groups is 1. The van der Waals surface area contributed by atoms with Crippen LogP contribution in [0, 0.1) is 0 Å². The predicted octanol–water partition coefficient (Wildman–Crippen LogP) is 2.71. The van der Waals surface area contributed by atoms with Gasteiger partial charge in [0, 0.05) is 35.4 Å². The molecule has 0 aliphatic carbocycles. The van der Waals surface area contributed by atoms with Gasteiger partial charge in [0.1, 0.15) is 5.75 Å². The number of hydrogen-bond acceptors (Lipinski definition) is 3. The second kappa shape index (κ2) is 5.40. The van der Waals surface area contributed by atoms with Gasteiger partial charge >= 0.3 is 0 Å². The van der Waals surface area contributed by atoms with E-state index in [1.165, 1.54) is 6.07 Å². The van der Waals surface area contributed by atoms with E-state index in [-0.39, 0.29) is 10.8 Å². The number of aromatic amines is 1. The number of nitrogens with zero attached hydrogens (tertiary/aromatic N) is 1. The van der Waals surface area contributed by atoms with Crippen molar-refractivity contribution in [1.29, 1.82) is 0 Å². The fraction of sp³-hybridized carbons (Fsp3) is 0.182. The second-order valence-electron chi connectivity index (χ2n) is 3.61. The van der Waals surface area contributed by atoms with E-state index in [1.54, 1.807) is 18.5 Å². The van der Waals surface area contributed by atoms with Gasteiger partial charge in [-0.1, -0.05) is 23.2 Å². The van der Waals surface area contributed by atoms with E-state index in [0.29, 0.717) is 23.7 Å². The highest BCUT2D eigenvalue weighted by molar-refractivity contribution is 6.35. The number of nitrogens with one attached hydrogen (secondary N) is 2. The van der Waals surface area contributed by atoms with Crippen molar-refractivity contribution >= 4 is 23.2 Å². The molecule has 0 unspecified atom stereocenters. The molecule has 0 aliphatic rings. The van der Waals surface area contributed by atoms with Crippen molar-refractivity contribution in [2.75, 3.05) is 0 Å². The van der Waals surface area contributed by atoms with Crippen LogP contribution in [0.25, 0.3) is 0 Å². The summed E-state index contributed by atoms with van der Waals surface area (Å²) in [4.78, 5) is 0. The monoisotopic (exact) mass is 271 g/mol. The standard InChI is InChI=1S/C11H11Cl2N3O/c12-9-1-8(11(17)10(13)2-9)6-14-3-7-4-15-16-5-7/h1-2,4-5,14,17H,3,6H2,(H,15,16).